The zero-order chi connectivity index (χ0) is 20.9. The van der Waals surface area contributed by atoms with Crippen LogP contribution in [0.15, 0.2) is 47.4 Å². The average molecular weight is 406 g/mol. The summed E-state index contributed by atoms with van der Waals surface area (Å²) in [6, 6.07) is 8.63. The largest absolute Gasteiger partial charge is 0.325 e. The Morgan fingerprint density at radius 3 is 2.29 bits per heavy atom. The molecule has 2 rings (SSSR count). The third-order valence-electron chi connectivity index (χ3n) is 3.65. The number of nitro groups is 1. The number of sulfonamides is 1. The molecule has 4 N–H and O–H groups in total. The molecule has 28 heavy (non-hydrogen) atoms. The van der Waals surface area contributed by atoms with Crippen LogP contribution in [0.4, 0.5) is 17.1 Å². The van der Waals surface area contributed by atoms with E-state index in [0.29, 0.717) is 6.42 Å². The highest BCUT2D eigenvalue weighted by molar-refractivity contribution is 7.89. The monoisotopic (exact) mass is 406 g/mol. The van der Waals surface area contributed by atoms with Gasteiger partial charge in [0.1, 0.15) is 0 Å². The molecule has 0 bridgehead atoms. The van der Waals surface area contributed by atoms with Gasteiger partial charge in [-0.3, -0.25) is 19.7 Å². The normalized spacial score (nSPS) is 10.9. The molecule has 0 atom stereocenters. The Morgan fingerprint density at radius 2 is 1.75 bits per heavy atom. The van der Waals surface area contributed by atoms with Crippen LogP contribution in [0.5, 0.6) is 0 Å². The second-order valence-electron chi connectivity index (χ2n) is 5.81. The number of nitrogens with zero attached hydrogens (tertiary/aromatic N) is 1. The molecule has 0 spiro atoms. The van der Waals surface area contributed by atoms with Crippen molar-refractivity contribution in [3.63, 3.8) is 0 Å². The number of carbonyl (C=O) groups is 2. The van der Waals surface area contributed by atoms with Gasteiger partial charge in [0, 0.05) is 24.2 Å². The number of nitrogens with two attached hydrogens (primary N) is 1. The Bertz CT molecular complexity index is 1020. The number of primary sulfonamides is 1. The Hall–Kier alpha value is -3.31. The summed E-state index contributed by atoms with van der Waals surface area (Å²) >= 11 is 0. The highest BCUT2D eigenvalue weighted by Crippen LogP contribution is 2.24. The maximum absolute atomic E-state index is 12.6. The van der Waals surface area contributed by atoms with E-state index in [1.807, 2.05) is 0 Å². The fourth-order valence-electron chi connectivity index (χ4n) is 2.31. The maximum atomic E-state index is 12.6. The number of nitrogens with one attached hydrogen (secondary N) is 2. The number of amides is 2. The van der Waals surface area contributed by atoms with Crippen LogP contribution in [0.2, 0.25) is 0 Å². The fraction of sp³-hybridized carbons (Fsp3) is 0.176. The second-order valence-corrected chi connectivity index (χ2v) is 7.37. The lowest BCUT2D eigenvalue weighted by Crippen LogP contribution is -2.18. The molecule has 0 saturated heterocycles. The van der Waals surface area contributed by atoms with E-state index in [2.05, 4.69) is 10.6 Å². The zero-order valence-corrected chi connectivity index (χ0v) is 15.7. The minimum Gasteiger partial charge on any atom is -0.325 e. The molecule has 0 unspecified atom stereocenters. The Balaban J connectivity index is 2.30. The molecular weight excluding hydrogens is 388 g/mol. The summed E-state index contributed by atoms with van der Waals surface area (Å²) in [4.78, 5) is 34.7. The van der Waals surface area contributed by atoms with Crippen molar-refractivity contribution in [2.75, 3.05) is 10.6 Å². The van der Waals surface area contributed by atoms with Gasteiger partial charge in [-0.15, -0.1) is 0 Å². The quantitative estimate of drug-likeness (QED) is 0.472. The van der Waals surface area contributed by atoms with E-state index in [9.17, 15) is 28.1 Å². The molecule has 2 aromatic carbocycles. The molecule has 0 heterocycles. The van der Waals surface area contributed by atoms with Gasteiger partial charge < -0.3 is 10.6 Å². The summed E-state index contributed by atoms with van der Waals surface area (Å²) in [6.45, 7) is 1.80. The molecule has 0 saturated carbocycles. The summed E-state index contributed by atoms with van der Waals surface area (Å²) < 4.78 is 22.5. The number of carbonyl (C=O) groups excluding carboxylic acids is 2. The van der Waals surface area contributed by atoms with Crippen LogP contribution in [0.25, 0.3) is 0 Å². The average Bonchev–Trinajstić information content (AvgIpc) is 2.61. The van der Waals surface area contributed by atoms with E-state index >= 15 is 0 Å². The Kier molecular flexibility index (Phi) is 6.44. The van der Waals surface area contributed by atoms with Crippen LogP contribution in [-0.2, 0) is 14.8 Å². The van der Waals surface area contributed by atoms with Gasteiger partial charge in [0.2, 0.25) is 15.9 Å². The molecule has 0 radical (unpaired) electrons. The van der Waals surface area contributed by atoms with Crippen LogP contribution in [0.3, 0.4) is 0 Å². The van der Waals surface area contributed by atoms with E-state index < -0.39 is 20.9 Å². The molecule has 0 aliphatic heterocycles. The standard InChI is InChI=1S/C17H18N4O6S/c1-2-3-16(22)20-15-10-12(21(24)25)6-9-14(15)17(23)19-11-4-7-13(8-5-11)28(18,26)27/h4-10H,2-3H2,1H3,(H,19,23)(H,20,22)(H2,18,26,27). The van der Waals surface area contributed by atoms with Crippen molar-refractivity contribution in [3.8, 4) is 0 Å². The van der Waals surface area contributed by atoms with E-state index in [1.54, 1.807) is 6.92 Å². The minimum atomic E-state index is -3.86. The first kappa shape index (κ1) is 21.0. The predicted molar refractivity (Wildman–Crippen MR) is 102 cm³/mol. The first-order valence-electron chi connectivity index (χ1n) is 8.14. The Labute approximate surface area is 160 Å². The molecule has 11 heteroatoms. The molecule has 0 aromatic heterocycles. The van der Waals surface area contributed by atoms with Gasteiger partial charge in [0.25, 0.3) is 11.6 Å². The summed E-state index contributed by atoms with van der Waals surface area (Å²) in [7, 11) is -3.86. The fourth-order valence-corrected chi connectivity index (χ4v) is 2.83. The SMILES string of the molecule is CCCC(=O)Nc1cc([N+](=O)[O-])ccc1C(=O)Nc1ccc(S(N)(=O)=O)cc1. The van der Waals surface area contributed by atoms with Crippen LogP contribution in [0.1, 0.15) is 30.1 Å². The van der Waals surface area contributed by atoms with Crippen molar-refractivity contribution in [2.24, 2.45) is 5.14 Å². The Morgan fingerprint density at radius 1 is 1.11 bits per heavy atom. The van der Waals surface area contributed by atoms with Gasteiger partial charge in [-0.05, 0) is 36.8 Å². The van der Waals surface area contributed by atoms with Gasteiger partial charge >= 0.3 is 0 Å². The second kappa shape index (κ2) is 8.59. The first-order chi connectivity index (χ1) is 13.1. The first-order valence-corrected chi connectivity index (χ1v) is 9.69. The van der Waals surface area contributed by atoms with Crippen molar-refractivity contribution < 1.29 is 22.9 Å². The lowest BCUT2D eigenvalue weighted by molar-refractivity contribution is -0.384. The number of anilines is 2. The lowest BCUT2D eigenvalue weighted by Gasteiger charge is -2.12. The van der Waals surface area contributed by atoms with Gasteiger partial charge in [-0.2, -0.15) is 0 Å². The number of hydrogen-bond acceptors (Lipinski definition) is 6. The highest BCUT2D eigenvalue weighted by atomic mass is 32.2. The molecule has 0 aliphatic carbocycles. The van der Waals surface area contributed by atoms with Gasteiger partial charge in [0.15, 0.2) is 0 Å². The van der Waals surface area contributed by atoms with Gasteiger partial charge in [0.05, 0.1) is 21.1 Å². The van der Waals surface area contributed by atoms with Crippen LogP contribution in [-0.4, -0.2) is 25.2 Å². The summed E-state index contributed by atoms with van der Waals surface area (Å²) in [5.74, 6) is -1.01. The lowest BCUT2D eigenvalue weighted by atomic mass is 10.1. The predicted octanol–water partition coefficient (Wildman–Crippen LogP) is 2.23. The maximum Gasteiger partial charge on any atom is 0.271 e. The number of benzene rings is 2. The van der Waals surface area contributed by atoms with Gasteiger partial charge in [-0.25, -0.2) is 13.6 Å². The summed E-state index contributed by atoms with van der Waals surface area (Å²) in [5, 5.41) is 21.0. The molecular formula is C17H18N4O6S. The summed E-state index contributed by atoms with van der Waals surface area (Å²) in [5.41, 5.74) is 0.0272. The minimum absolute atomic E-state index is 0.00584. The van der Waals surface area contributed by atoms with Crippen molar-refractivity contribution in [3.05, 3.63) is 58.1 Å². The summed E-state index contributed by atoms with van der Waals surface area (Å²) in [6.07, 6.45) is 0.761. The number of nitro benzene ring substituents is 1. The molecule has 148 valence electrons. The van der Waals surface area contributed by atoms with Crippen molar-refractivity contribution >= 4 is 38.9 Å². The van der Waals surface area contributed by atoms with Gasteiger partial charge in [-0.1, -0.05) is 6.92 Å². The highest BCUT2D eigenvalue weighted by Gasteiger charge is 2.18. The zero-order valence-electron chi connectivity index (χ0n) is 14.8. The number of hydrogen-bond donors (Lipinski definition) is 3. The number of rotatable bonds is 7. The topological polar surface area (TPSA) is 162 Å². The van der Waals surface area contributed by atoms with Crippen LogP contribution in [0, 0.1) is 10.1 Å². The third kappa shape index (κ3) is 5.34. The number of non-ortho nitro benzene ring substituents is 1. The van der Waals surface area contributed by atoms with Crippen LogP contribution >= 0.6 is 0 Å². The van der Waals surface area contributed by atoms with Crippen molar-refractivity contribution in [1.29, 1.82) is 0 Å². The van der Waals surface area contributed by atoms with Crippen molar-refractivity contribution in [2.45, 2.75) is 24.7 Å². The molecule has 0 fully saturated rings. The smallest absolute Gasteiger partial charge is 0.271 e. The van der Waals surface area contributed by atoms with E-state index in [4.69, 9.17) is 5.14 Å². The van der Waals surface area contributed by atoms with E-state index in [-0.39, 0.29) is 39.8 Å². The molecule has 0 aliphatic rings. The third-order valence-corrected chi connectivity index (χ3v) is 4.58. The van der Waals surface area contributed by atoms with Crippen molar-refractivity contribution in [1.82, 2.24) is 0 Å². The molecule has 2 amide bonds. The van der Waals surface area contributed by atoms with Crippen LogP contribution < -0.4 is 15.8 Å². The van der Waals surface area contributed by atoms with E-state index in [1.165, 1.54) is 30.3 Å². The van der Waals surface area contributed by atoms with E-state index in [0.717, 1.165) is 12.1 Å². The molecule has 10 nitrogen and oxygen atoms in total. The molecule has 2 aromatic rings.